The van der Waals surface area contributed by atoms with Crippen LogP contribution in [0.5, 0.6) is 11.5 Å². The van der Waals surface area contributed by atoms with Gasteiger partial charge in [-0.15, -0.1) is 0 Å². The Balaban J connectivity index is 1.72. The normalized spacial score (nSPS) is 11.0. The fraction of sp³-hybridized carbons (Fsp3) is 0.0588. The topological polar surface area (TPSA) is 21.7 Å². The lowest BCUT2D eigenvalue weighted by atomic mass is 9.90. The minimum atomic E-state index is 0.826. The Bertz CT molecular complexity index is 1570. The van der Waals surface area contributed by atoms with Gasteiger partial charge in [0.1, 0.15) is 11.5 Å². The molecule has 0 aromatic heterocycles. The van der Waals surface area contributed by atoms with Gasteiger partial charge in [-0.1, -0.05) is 78.9 Å². The molecule has 3 nitrogen and oxygen atoms in total. The molecule has 0 aliphatic heterocycles. The van der Waals surface area contributed by atoms with Crippen molar-refractivity contribution in [2.24, 2.45) is 0 Å². The monoisotopic (exact) mass is 481 g/mol. The van der Waals surface area contributed by atoms with E-state index in [-0.39, 0.29) is 0 Å². The van der Waals surface area contributed by atoms with Gasteiger partial charge in [0.25, 0.3) is 0 Å². The van der Waals surface area contributed by atoms with Crippen LogP contribution in [0.2, 0.25) is 0 Å². The molecular formula is C34H27NO2. The van der Waals surface area contributed by atoms with Crippen LogP contribution in [-0.2, 0) is 0 Å². The van der Waals surface area contributed by atoms with Gasteiger partial charge in [-0.3, -0.25) is 0 Å². The average Bonchev–Trinajstić information content (AvgIpc) is 2.98. The van der Waals surface area contributed by atoms with E-state index in [9.17, 15) is 0 Å². The smallest absolute Gasteiger partial charge is 0.119 e. The molecular weight excluding hydrogens is 454 g/mol. The predicted octanol–water partition coefficient (Wildman–Crippen LogP) is 9.15. The minimum absolute atomic E-state index is 0.826. The van der Waals surface area contributed by atoms with Crippen LogP contribution < -0.4 is 14.4 Å². The lowest BCUT2D eigenvalue weighted by Crippen LogP contribution is -2.11. The van der Waals surface area contributed by atoms with E-state index in [0.29, 0.717) is 0 Å². The van der Waals surface area contributed by atoms with E-state index in [2.05, 4.69) is 108 Å². The summed E-state index contributed by atoms with van der Waals surface area (Å²) in [5.74, 6) is 1.65. The number of ether oxygens (including phenoxy) is 2. The second kappa shape index (κ2) is 9.71. The first-order valence-electron chi connectivity index (χ1n) is 12.4. The Morgan fingerprint density at radius 2 is 0.838 bits per heavy atom. The maximum atomic E-state index is 5.46. The lowest BCUT2D eigenvalue weighted by molar-refractivity contribution is 0.415. The summed E-state index contributed by atoms with van der Waals surface area (Å²) in [6.45, 7) is 0. The van der Waals surface area contributed by atoms with Gasteiger partial charge in [-0.2, -0.15) is 0 Å². The van der Waals surface area contributed by atoms with E-state index in [4.69, 9.17) is 9.47 Å². The van der Waals surface area contributed by atoms with E-state index in [1.165, 1.54) is 32.7 Å². The molecule has 0 N–H and O–H groups in total. The van der Waals surface area contributed by atoms with E-state index in [1.54, 1.807) is 14.2 Å². The van der Waals surface area contributed by atoms with Gasteiger partial charge in [0, 0.05) is 22.1 Å². The summed E-state index contributed by atoms with van der Waals surface area (Å²) in [5.41, 5.74) is 5.70. The Kier molecular flexibility index (Phi) is 5.95. The molecule has 0 spiro atoms. The number of nitrogens with zero attached hydrogens (tertiary/aromatic N) is 1. The summed E-state index contributed by atoms with van der Waals surface area (Å²) < 4.78 is 10.9. The zero-order valence-electron chi connectivity index (χ0n) is 20.9. The third-order valence-corrected chi connectivity index (χ3v) is 6.85. The molecule has 6 aromatic carbocycles. The summed E-state index contributed by atoms with van der Waals surface area (Å²) >= 11 is 0. The molecule has 0 unspecified atom stereocenters. The molecule has 0 saturated carbocycles. The molecule has 0 saturated heterocycles. The van der Waals surface area contributed by atoms with E-state index >= 15 is 0 Å². The van der Waals surface area contributed by atoms with Crippen molar-refractivity contribution < 1.29 is 9.47 Å². The van der Waals surface area contributed by atoms with E-state index in [0.717, 1.165) is 28.6 Å². The Labute approximate surface area is 217 Å². The summed E-state index contributed by atoms with van der Waals surface area (Å²) in [7, 11) is 3.39. The van der Waals surface area contributed by atoms with E-state index in [1.807, 2.05) is 24.3 Å². The van der Waals surface area contributed by atoms with Crippen LogP contribution >= 0.6 is 0 Å². The molecule has 6 aromatic rings. The molecule has 0 fully saturated rings. The second-order valence-electron chi connectivity index (χ2n) is 8.91. The summed E-state index contributed by atoms with van der Waals surface area (Å²) in [6.07, 6.45) is 0. The third kappa shape index (κ3) is 4.05. The lowest BCUT2D eigenvalue weighted by Gasteiger charge is -2.29. The molecule has 3 heteroatoms. The van der Waals surface area contributed by atoms with Crippen molar-refractivity contribution in [3.05, 3.63) is 127 Å². The zero-order chi connectivity index (χ0) is 25.2. The van der Waals surface area contributed by atoms with Crippen LogP contribution in [0, 0.1) is 0 Å². The van der Waals surface area contributed by atoms with Crippen LogP contribution in [0.25, 0.3) is 32.7 Å². The molecule has 0 aliphatic rings. The zero-order valence-corrected chi connectivity index (χ0v) is 20.9. The van der Waals surface area contributed by atoms with Crippen LogP contribution in [0.3, 0.4) is 0 Å². The number of anilines is 3. The highest BCUT2D eigenvalue weighted by Crippen LogP contribution is 2.48. The van der Waals surface area contributed by atoms with Crippen molar-refractivity contribution in [1.29, 1.82) is 0 Å². The van der Waals surface area contributed by atoms with Crippen LogP contribution in [-0.4, -0.2) is 14.2 Å². The number of benzene rings is 6. The highest BCUT2D eigenvalue weighted by atomic mass is 16.5. The van der Waals surface area contributed by atoms with Crippen molar-refractivity contribution in [1.82, 2.24) is 0 Å². The summed E-state index contributed by atoms with van der Waals surface area (Å²) in [6, 6.07) is 44.5. The molecule has 0 heterocycles. The van der Waals surface area contributed by atoms with Gasteiger partial charge >= 0.3 is 0 Å². The Hall–Kier alpha value is -4.76. The van der Waals surface area contributed by atoms with Crippen LogP contribution in [0.1, 0.15) is 0 Å². The fourth-order valence-corrected chi connectivity index (χ4v) is 5.13. The van der Waals surface area contributed by atoms with Crippen molar-refractivity contribution in [2.45, 2.75) is 0 Å². The predicted molar refractivity (Wildman–Crippen MR) is 155 cm³/mol. The number of hydrogen-bond acceptors (Lipinski definition) is 3. The molecule has 0 radical (unpaired) electrons. The van der Waals surface area contributed by atoms with Crippen molar-refractivity contribution in [2.75, 3.05) is 19.1 Å². The van der Waals surface area contributed by atoms with Crippen molar-refractivity contribution >= 4 is 38.6 Å². The molecule has 0 bridgehead atoms. The number of rotatable bonds is 6. The minimum Gasteiger partial charge on any atom is -0.497 e. The third-order valence-electron chi connectivity index (χ3n) is 6.85. The van der Waals surface area contributed by atoms with Crippen molar-refractivity contribution in [3.63, 3.8) is 0 Å². The van der Waals surface area contributed by atoms with Crippen molar-refractivity contribution in [3.8, 4) is 22.6 Å². The van der Waals surface area contributed by atoms with Gasteiger partial charge in [0.2, 0.25) is 0 Å². The molecule has 37 heavy (non-hydrogen) atoms. The maximum absolute atomic E-state index is 5.46. The summed E-state index contributed by atoms with van der Waals surface area (Å²) in [4.78, 5) is 2.33. The largest absolute Gasteiger partial charge is 0.497 e. The molecule has 180 valence electrons. The molecule has 6 rings (SSSR count). The maximum Gasteiger partial charge on any atom is 0.119 e. The van der Waals surface area contributed by atoms with Crippen LogP contribution in [0.15, 0.2) is 127 Å². The average molecular weight is 482 g/mol. The highest BCUT2D eigenvalue weighted by Gasteiger charge is 2.22. The highest BCUT2D eigenvalue weighted by molar-refractivity contribution is 6.22. The standard InChI is InChI=1S/C34H27NO2/c1-36-27-20-16-25(17-21-27)35(26-18-22-28(37-2)23-19-26)34-31-14-8-6-12-29(31)33(24-10-4-3-5-11-24)30-13-7-9-15-32(30)34/h3-23H,1-2H3. The first-order valence-corrected chi connectivity index (χ1v) is 12.4. The number of methoxy groups -OCH3 is 2. The molecule has 0 amide bonds. The van der Waals surface area contributed by atoms with Gasteiger partial charge in [0.05, 0.1) is 19.9 Å². The molecule has 0 aliphatic carbocycles. The summed E-state index contributed by atoms with van der Waals surface area (Å²) in [5, 5.41) is 4.81. The van der Waals surface area contributed by atoms with E-state index < -0.39 is 0 Å². The number of hydrogen-bond donors (Lipinski definition) is 0. The van der Waals surface area contributed by atoms with Crippen LogP contribution in [0.4, 0.5) is 17.1 Å². The number of fused-ring (bicyclic) bond motifs is 2. The Morgan fingerprint density at radius 3 is 1.27 bits per heavy atom. The van der Waals surface area contributed by atoms with Gasteiger partial charge in [-0.25, -0.2) is 0 Å². The molecule has 0 atom stereocenters. The quantitative estimate of drug-likeness (QED) is 0.221. The SMILES string of the molecule is COc1ccc(N(c2ccc(OC)cc2)c2c3ccccc3c(-c3ccccc3)c3ccccc23)cc1. The Morgan fingerprint density at radius 1 is 0.432 bits per heavy atom. The first-order chi connectivity index (χ1) is 18.3. The first kappa shape index (κ1) is 22.7. The fourth-order valence-electron chi connectivity index (χ4n) is 5.13. The van der Waals surface area contributed by atoms with Gasteiger partial charge in [-0.05, 0) is 70.4 Å². The van der Waals surface area contributed by atoms with Gasteiger partial charge < -0.3 is 14.4 Å². The second-order valence-corrected chi connectivity index (χ2v) is 8.91. The van der Waals surface area contributed by atoms with Gasteiger partial charge in [0.15, 0.2) is 0 Å².